The number of halogens is 1. The third-order valence-electron chi connectivity index (χ3n) is 3.58. The molecule has 2 aromatic rings. The molecule has 0 bridgehead atoms. The molecule has 140 valence electrons. The van der Waals surface area contributed by atoms with Gasteiger partial charge < -0.3 is 4.74 Å². The van der Waals surface area contributed by atoms with Crippen LogP contribution in [0.3, 0.4) is 0 Å². The van der Waals surface area contributed by atoms with Gasteiger partial charge in [-0.15, -0.1) is 0 Å². The first-order valence-corrected chi connectivity index (χ1v) is 10.0. The molecule has 5 nitrogen and oxygen atoms in total. The van der Waals surface area contributed by atoms with Gasteiger partial charge in [0.1, 0.15) is 5.75 Å². The van der Waals surface area contributed by atoms with Crippen LogP contribution in [0.1, 0.15) is 36.1 Å². The van der Waals surface area contributed by atoms with Crippen molar-refractivity contribution in [1.29, 1.82) is 0 Å². The van der Waals surface area contributed by atoms with Gasteiger partial charge in [0, 0.05) is 0 Å². The van der Waals surface area contributed by atoms with Gasteiger partial charge in [-0.2, -0.15) is 13.5 Å². The zero-order chi connectivity index (χ0) is 19.5. The van der Waals surface area contributed by atoms with E-state index >= 15 is 0 Å². The van der Waals surface area contributed by atoms with E-state index < -0.39 is 10.0 Å². The number of nitrogens with one attached hydrogen (secondary N) is 1. The summed E-state index contributed by atoms with van der Waals surface area (Å²) in [5, 5.41) is 4.30. The van der Waals surface area contributed by atoms with Gasteiger partial charge in [-0.25, -0.2) is 4.83 Å². The Hall–Kier alpha value is -2.05. The van der Waals surface area contributed by atoms with Crippen LogP contribution in [-0.2, 0) is 10.0 Å². The fraction of sp³-hybridized carbons (Fsp3) is 0.316. The second-order valence-electron chi connectivity index (χ2n) is 6.44. The Morgan fingerprint density at radius 1 is 1.12 bits per heavy atom. The number of benzene rings is 2. The monoisotopic (exact) mass is 394 g/mol. The molecule has 0 atom stereocenters. The zero-order valence-corrected chi connectivity index (χ0v) is 17.1. The molecule has 0 spiro atoms. The maximum absolute atomic E-state index is 12.5. The van der Waals surface area contributed by atoms with E-state index in [0.29, 0.717) is 27.5 Å². The van der Waals surface area contributed by atoms with Crippen molar-refractivity contribution in [3.63, 3.8) is 0 Å². The maximum Gasteiger partial charge on any atom is 0.277 e. The lowest BCUT2D eigenvalue weighted by molar-refractivity contribution is 0.242. The predicted molar refractivity (Wildman–Crippen MR) is 106 cm³/mol. The number of rotatable bonds is 6. The molecule has 0 heterocycles. The number of sulfonamides is 1. The molecule has 2 aromatic carbocycles. The van der Waals surface area contributed by atoms with Crippen molar-refractivity contribution in [3.05, 3.63) is 57.6 Å². The molecular weight excluding hydrogens is 372 g/mol. The summed E-state index contributed by atoms with van der Waals surface area (Å²) in [5.74, 6) is 0.574. The second-order valence-corrected chi connectivity index (χ2v) is 8.44. The molecule has 0 radical (unpaired) electrons. The van der Waals surface area contributed by atoms with Gasteiger partial charge in [-0.05, 0) is 69.5 Å². The minimum atomic E-state index is -3.75. The lowest BCUT2D eigenvalue weighted by Crippen LogP contribution is -2.20. The van der Waals surface area contributed by atoms with E-state index in [1.54, 1.807) is 32.0 Å². The molecule has 7 heteroatoms. The van der Waals surface area contributed by atoms with Crippen LogP contribution in [-0.4, -0.2) is 20.7 Å². The van der Waals surface area contributed by atoms with E-state index in [4.69, 9.17) is 16.3 Å². The number of hydrazone groups is 1. The molecule has 26 heavy (non-hydrogen) atoms. The highest BCUT2D eigenvalue weighted by Gasteiger charge is 2.19. The highest BCUT2D eigenvalue weighted by molar-refractivity contribution is 7.89. The summed E-state index contributed by atoms with van der Waals surface area (Å²) >= 11 is 6.17. The summed E-state index contributed by atoms with van der Waals surface area (Å²) < 4.78 is 30.7. The van der Waals surface area contributed by atoms with Crippen LogP contribution < -0.4 is 9.57 Å². The van der Waals surface area contributed by atoms with E-state index in [1.807, 2.05) is 32.9 Å². The molecule has 2 rings (SSSR count). The van der Waals surface area contributed by atoms with Crippen molar-refractivity contribution in [2.75, 3.05) is 0 Å². The number of aryl methyl sites for hydroxylation is 3. The van der Waals surface area contributed by atoms with E-state index in [0.717, 1.165) is 5.56 Å². The lowest BCUT2D eigenvalue weighted by atomic mass is 10.1. The van der Waals surface area contributed by atoms with Gasteiger partial charge in [0.05, 0.1) is 22.2 Å². The Morgan fingerprint density at radius 3 is 2.27 bits per heavy atom. The van der Waals surface area contributed by atoms with Crippen LogP contribution in [0.5, 0.6) is 5.75 Å². The minimum Gasteiger partial charge on any atom is -0.489 e. The van der Waals surface area contributed by atoms with Gasteiger partial charge in [0.2, 0.25) is 0 Å². The summed E-state index contributed by atoms with van der Waals surface area (Å²) in [6, 6.07) is 8.81. The van der Waals surface area contributed by atoms with E-state index in [-0.39, 0.29) is 11.0 Å². The molecule has 0 fully saturated rings. The molecule has 0 amide bonds. The summed E-state index contributed by atoms with van der Waals surface area (Å²) in [4.78, 5) is 2.51. The van der Waals surface area contributed by atoms with Crippen molar-refractivity contribution in [2.24, 2.45) is 5.10 Å². The fourth-order valence-corrected chi connectivity index (χ4v) is 4.24. The van der Waals surface area contributed by atoms with E-state index in [9.17, 15) is 8.42 Å². The largest absolute Gasteiger partial charge is 0.489 e. The minimum absolute atomic E-state index is 0.0137. The summed E-state index contributed by atoms with van der Waals surface area (Å²) in [6.07, 6.45) is 1.42. The Morgan fingerprint density at radius 2 is 1.73 bits per heavy atom. The van der Waals surface area contributed by atoms with Crippen molar-refractivity contribution in [1.82, 2.24) is 4.83 Å². The zero-order valence-electron chi connectivity index (χ0n) is 15.5. The summed E-state index contributed by atoms with van der Waals surface area (Å²) in [6.45, 7) is 9.29. The Balaban J connectivity index is 2.19. The number of hydrogen-bond donors (Lipinski definition) is 1. The lowest BCUT2D eigenvalue weighted by Gasteiger charge is -2.12. The summed E-state index contributed by atoms with van der Waals surface area (Å²) in [7, 11) is -3.75. The normalized spacial score (nSPS) is 12.0. The highest BCUT2D eigenvalue weighted by Crippen LogP contribution is 2.26. The summed E-state index contributed by atoms with van der Waals surface area (Å²) in [5.41, 5.74) is 3.04. The van der Waals surface area contributed by atoms with Crippen molar-refractivity contribution in [2.45, 2.75) is 45.6 Å². The quantitative estimate of drug-likeness (QED) is 0.584. The fourth-order valence-electron chi connectivity index (χ4n) is 2.75. The molecule has 0 aromatic heterocycles. The van der Waals surface area contributed by atoms with Crippen LogP contribution in [0.25, 0.3) is 0 Å². The maximum atomic E-state index is 12.5. The van der Waals surface area contributed by atoms with Gasteiger partial charge in [-0.3, -0.25) is 0 Å². The topological polar surface area (TPSA) is 67.8 Å². The van der Waals surface area contributed by atoms with Gasteiger partial charge in [0.15, 0.2) is 0 Å². The van der Waals surface area contributed by atoms with Crippen LogP contribution >= 0.6 is 11.6 Å². The third kappa shape index (κ3) is 4.99. The predicted octanol–water partition coefficient (Wildman–Crippen LogP) is 4.36. The average molecular weight is 395 g/mol. The number of nitrogens with zero attached hydrogens (tertiary/aromatic N) is 1. The van der Waals surface area contributed by atoms with E-state index in [1.165, 1.54) is 6.21 Å². The van der Waals surface area contributed by atoms with Gasteiger partial charge in [0.25, 0.3) is 10.0 Å². The van der Waals surface area contributed by atoms with Gasteiger partial charge in [-0.1, -0.05) is 29.3 Å². The third-order valence-corrected chi connectivity index (χ3v) is 5.40. The molecule has 0 unspecified atom stereocenters. The average Bonchev–Trinajstić information content (AvgIpc) is 2.48. The second kappa shape index (κ2) is 8.10. The van der Waals surface area contributed by atoms with Gasteiger partial charge >= 0.3 is 0 Å². The SMILES string of the molecule is Cc1cc(C)c(S(=O)(=O)N/N=C/c2ccc(OC(C)C)c(Cl)c2)c(C)c1. The van der Waals surface area contributed by atoms with E-state index in [2.05, 4.69) is 9.93 Å². The standard InChI is InChI=1S/C19H23ClN2O3S/c1-12(2)25-18-7-6-16(10-17(18)20)11-21-22-26(23,24)19-14(4)8-13(3)9-15(19)5/h6-12,22H,1-5H3/b21-11+. The Bertz CT molecular complexity index is 915. The van der Waals surface area contributed by atoms with Crippen LogP contribution in [0, 0.1) is 20.8 Å². The first-order valence-electron chi connectivity index (χ1n) is 8.19. The molecule has 0 aliphatic rings. The Kier molecular flexibility index (Phi) is 6.31. The first-order chi connectivity index (χ1) is 12.1. The van der Waals surface area contributed by atoms with Crippen LogP contribution in [0.15, 0.2) is 40.3 Å². The number of hydrogen-bond acceptors (Lipinski definition) is 4. The van der Waals surface area contributed by atoms with Crippen molar-refractivity contribution in [3.8, 4) is 5.75 Å². The van der Waals surface area contributed by atoms with Crippen molar-refractivity contribution < 1.29 is 13.2 Å². The molecular formula is C19H23ClN2O3S. The molecule has 0 saturated carbocycles. The first kappa shape index (κ1) is 20.3. The highest BCUT2D eigenvalue weighted by atomic mass is 35.5. The molecule has 0 aliphatic heterocycles. The van der Waals surface area contributed by atoms with Crippen molar-refractivity contribution >= 4 is 27.8 Å². The molecule has 1 N–H and O–H groups in total. The molecule has 0 aliphatic carbocycles. The number of ether oxygens (including phenoxy) is 1. The smallest absolute Gasteiger partial charge is 0.277 e. The molecule has 0 saturated heterocycles. The van der Waals surface area contributed by atoms with Crippen LogP contribution in [0.2, 0.25) is 5.02 Å². The Labute approximate surface area is 160 Å². The van der Waals surface area contributed by atoms with Crippen LogP contribution in [0.4, 0.5) is 0 Å².